The van der Waals surface area contributed by atoms with Crippen LogP contribution in [0.4, 0.5) is 0 Å². The first kappa shape index (κ1) is 26.1. The number of carbonyl (C=O) groups excluding carboxylic acids is 1. The molecule has 1 aliphatic rings. The highest BCUT2D eigenvalue weighted by Gasteiger charge is 2.30. The number of hydrogen-bond donors (Lipinski definition) is 3. The van der Waals surface area contributed by atoms with Gasteiger partial charge in [-0.05, 0) is 49.4 Å². The van der Waals surface area contributed by atoms with Crippen molar-refractivity contribution in [1.82, 2.24) is 20.1 Å². The molecule has 2 heterocycles. The van der Waals surface area contributed by atoms with Gasteiger partial charge in [0.1, 0.15) is 24.2 Å². The second-order valence-electron chi connectivity index (χ2n) is 8.85. The molecule has 1 atom stereocenters. The van der Waals surface area contributed by atoms with E-state index >= 15 is 0 Å². The number of ether oxygens (including phenoxy) is 2. The summed E-state index contributed by atoms with van der Waals surface area (Å²) in [4.78, 5) is 18.0. The fraction of sp³-hybridized carbons (Fsp3) is 0.214. The molecule has 0 bridgehead atoms. The van der Waals surface area contributed by atoms with Crippen LogP contribution in [-0.4, -0.2) is 56.9 Å². The molecule has 1 aromatic heterocycles. The molecule has 0 unspecified atom stereocenters. The Morgan fingerprint density at radius 1 is 1.10 bits per heavy atom. The number of phenols is 2. The first-order chi connectivity index (χ1) is 18.9. The number of aryl methyl sites for hydroxylation is 1. The van der Waals surface area contributed by atoms with Crippen LogP contribution in [0.3, 0.4) is 0 Å². The Labute approximate surface area is 229 Å². The predicted octanol–water partition coefficient (Wildman–Crippen LogP) is 4.13. The minimum atomic E-state index is -0.633. The molecule has 39 heavy (non-hydrogen) atoms. The second-order valence-corrected chi connectivity index (χ2v) is 9.29. The highest BCUT2D eigenvalue weighted by Crippen LogP contribution is 2.35. The molecule has 4 aromatic rings. The number of nitrogens with zero attached hydrogens (tertiary/aromatic N) is 4. The third kappa shape index (κ3) is 5.37. The van der Waals surface area contributed by atoms with Gasteiger partial charge in [0.2, 0.25) is 11.7 Å². The number of aliphatic imine (C=N–C) groups is 1. The molecule has 5 rings (SSSR count). The Balaban J connectivity index is 1.42. The number of carbonyl (C=O) groups is 1. The van der Waals surface area contributed by atoms with Crippen LogP contribution in [0, 0.1) is 6.92 Å². The van der Waals surface area contributed by atoms with E-state index < -0.39 is 6.04 Å². The zero-order valence-electron chi connectivity index (χ0n) is 21.3. The van der Waals surface area contributed by atoms with Crippen molar-refractivity contribution >= 4 is 23.2 Å². The molecule has 0 spiro atoms. The van der Waals surface area contributed by atoms with E-state index in [9.17, 15) is 15.0 Å². The maximum absolute atomic E-state index is 13.0. The van der Waals surface area contributed by atoms with Gasteiger partial charge < -0.3 is 25.0 Å². The van der Waals surface area contributed by atoms with E-state index in [4.69, 9.17) is 26.1 Å². The van der Waals surface area contributed by atoms with Crippen LogP contribution in [0.1, 0.15) is 35.2 Å². The van der Waals surface area contributed by atoms with E-state index in [0.717, 1.165) is 16.8 Å². The van der Waals surface area contributed by atoms with E-state index in [0.29, 0.717) is 28.1 Å². The monoisotopic (exact) mass is 547 g/mol. The van der Waals surface area contributed by atoms with Crippen LogP contribution in [0.5, 0.6) is 23.0 Å². The number of amides is 1. The van der Waals surface area contributed by atoms with Crippen molar-refractivity contribution in [2.45, 2.75) is 19.4 Å². The normalized spacial score (nSPS) is 14.0. The Morgan fingerprint density at radius 2 is 1.90 bits per heavy atom. The van der Waals surface area contributed by atoms with Gasteiger partial charge in [-0.3, -0.25) is 14.4 Å². The molecule has 0 fully saturated rings. The first-order valence-corrected chi connectivity index (χ1v) is 12.6. The van der Waals surface area contributed by atoms with Gasteiger partial charge in [0.05, 0.1) is 31.5 Å². The quantitative estimate of drug-likeness (QED) is 0.223. The lowest BCUT2D eigenvalue weighted by molar-refractivity contribution is -0.121. The van der Waals surface area contributed by atoms with Crippen molar-refractivity contribution in [3.63, 3.8) is 0 Å². The van der Waals surface area contributed by atoms with Crippen molar-refractivity contribution < 1.29 is 24.5 Å². The third-order valence-electron chi connectivity index (χ3n) is 6.29. The number of aromatic hydroxyl groups is 2. The highest BCUT2D eigenvalue weighted by atomic mass is 35.5. The standard InChI is InChI=1S/C28H26ClN5O5/c1-16-32-33-28-21(15-25(36)30-12-13-39-24-5-3-4-23(35)27(24)37)31-26(17-6-8-18(29)9-7-17)20-14-19(38-2)10-11-22(20)34(16)28/h3-11,14,21,35,37H,12-13,15H2,1-2H3,(H,30,36)/t21-/m0/s1. The Morgan fingerprint density at radius 3 is 2.67 bits per heavy atom. The largest absolute Gasteiger partial charge is 0.504 e. The minimum Gasteiger partial charge on any atom is -0.504 e. The molecule has 3 N–H and O–H groups in total. The van der Waals surface area contributed by atoms with Crippen molar-refractivity contribution in [2.24, 2.45) is 4.99 Å². The number of aromatic nitrogens is 3. The maximum atomic E-state index is 13.0. The summed E-state index contributed by atoms with van der Waals surface area (Å²) < 4.78 is 12.9. The molecule has 0 radical (unpaired) electrons. The van der Waals surface area contributed by atoms with Gasteiger partial charge in [0, 0.05) is 16.1 Å². The zero-order valence-corrected chi connectivity index (χ0v) is 22.0. The van der Waals surface area contributed by atoms with Gasteiger partial charge in [-0.25, -0.2) is 0 Å². The molecule has 1 amide bonds. The summed E-state index contributed by atoms with van der Waals surface area (Å²) in [5, 5.41) is 31.6. The van der Waals surface area contributed by atoms with E-state index in [1.54, 1.807) is 25.3 Å². The molecular weight excluding hydrogens is 522 g/mol. The summed E-state index contributed by atoms with van der Waals surface area (Å²) in [6, 6.07) is 16.8. The topological polar surface area (TPSA) is 131 Å². The lowest BCUT2D eigenvalue weighted by Crippen LogP contribution is -2.29. The van der Waals surface area contributed by atoms with Crippen LogP contribution in [-0.2, 0) is 4.79 Å². The Hall–Kier alpha value is -4.57. The highest BCUT2D eigenvalue weighted by molar-refractivity contribution is 6.30. The van der Waals surface area contributed by atoms with Gasteiger partial charge in [-0.2, -0.15) is 0 Å². The summed E-state index contributed by atoms with van der Waals surface area (Å²) >= 11 is 6.15. The van der Waals surface area contributed by atoms with Crippen LogP contribution >= 0.6 is 11.6 Å². The number of rotatable bonds is 8. The number of halogens is 1. The molecule has 200 valence electrons. The summed E-state index contributed by atoms with van der Waals surface area (Å²) in [5.41, 5.74) is 3.13. The average Bonchev–Trinajstić information content (AvgIpc) is 3.26. The van der Waals surface area contributed by atoms with E-state index in [2.05, 4.69) is 15.5 Å². The van der Waals surface area contributed by atoms with Gasteiger partial charge in [-0.1, -0.05) is 29.8 Å². The Kier molecular flexibility index (Phi) is 7.38. The molecule has 3 aromatic carbocycles. The number of methoxy groups -OCH3 is 1. The van der Waals surface area contributed by atoms with Crippen LogP contribution in [0.2, 0.25) is 5.02 Å². The third-order valence-corrected chi connectivity index (χ3v) is 6.54. The van der Waals surface area contributed by atoms with Gasteiger partial charge in [-0.15, -0.1) is 10.2 Å². The molecule has 0 saturated heterocycles. The number of hydrogen-bond acceptors (Lipinski definition) is 8. The summed E-state index contributed by atoms with van der Waals surface area (Å²) in [7, 11) is 1.60. The van der Waals surface area contributed by atoms with Crippen molar-refractivity contribution in [3.05, 3.63) is 88.5 Å². The van der Waals surface area contributed by atoms with E-state index in [-0.39, 0.29) is 42.7 Å². The predicted molar refractivity (Wildman–Crippen MR) is 145 cm³/mol. The van der Waals surface area contributed by atoms with Gasteiger partial charge in [0.15, 0.2) is 17.3 Å². The lowest BCUT2D eigenvalue weighted by atomic mass is 10.00. The molecule has 11 heteroatoms. The Bertz CT molecular complexity index is 1550. The maximum Gasteiger partial charge on any atom is 0.222 e. The fourth-order valence-corrected chi connectivity index (χ4v) is 4.53. The molecule has 0 saturated carbocycles. The van der Waals surface area contributed by atoms with Gasteiger partial charge >= 0.3 is 0 Å². The number of fused-ring (bicyclic) bond motifs is 3. The van der Waals surface area contributed by atoms with Crippen molar-refractivity contribution in [1.29, 1.82) is 0 Å². The van der Waals surface area contributed by atoms with E-state index in [1.165, 1.54) is 12.1 Å². The van der Waals surface area contributed by atoms with Crippen LogP contribution in [0.15, 0.2) is 65.7 Å². The number of phenolic OH excluding ortho intramolecular Hbond substituents is 2. The second kappa shape index (κ2) is 11.0. The lowest BCUT2D eigenvalue weighted by Gasteiger charge is -2.14. The van der Waals surface area contributed by atoms with E-state index in [1.807, 2.05) is 41.8 Å². The number of para-hydroxylation sites is 1. The van der Waals surface area contributed by atoms with Crippen LogP contribution in [0.25, 0.3) is 5.69 Å². The number of nitrogens with one attached hydrogen (secondary N) is 1. The fourth-order valence-electron chi connectivity index (χ4n) is 4.40. The summed E-state index contributed by atoms with van der Waals surface area (Å²) in [6.07, 6.45) is 0.0116. The zero-order chi connectivity index (χ0) is 27.5. The van der Waals surface area contributed by atoms with Crippen molar-refractivity contribution in [3.8, 4) is 28.7 Å². The van der Waals surface area contributed by atoms with Gasteiger partial charge in [0.25, 0.3) is 0 Å². The smallest absolute Gasteiger partial charge is 0.222 e. The average molecular weight is 548 g/mol. The number of benzene rings is 3. The SMILES string of the molecule is COc1ccc2c(c1)C(c1ccc(Cl)cc1)=N[C@@H](CC(=O)NCCOc1cccc(O)c1O)c1nnc(C)n1-2. The molecule has 1 aliphatic heterocycles. The summed E-state index contributed by atoms with van der Waals surface area (Å²) in [6.45, 7) is 2.12. The first-order valence-electron chi connectivity index (χ1n) is 12.2. The van der Waals surface area contributed by atoms with Crippen LogP contribution < -0.4 is 14.8 Å². The summed E-state index contributed by atoms with van der Waals surface area (Å²) in [5.74, 6) is 1.10. The van der Waals surface area contributed by atoms with Crippen molar-refractivity contribution in [2.75, 3.05) is 20.3 Å². The molecular formula is C28H26ClN5O5. The molecule has 10 nitrogen and oxygen atoms in total. The molecule has 0 aliphatic carbocycles. The minimum absolute atomic E-state index is 0.0116.